The number of fused-ring (bicyclic) bond motifs is 1. The van der Waals surface area contributed by atoms with E-state index in [1.54, 1.807) is 13.3 Å². The number of hydrogen-bond donors (Lipinski definition) is 1. The number of imidazole rings is 1. The normalized spacial score (nSPS) is 18.0. The summed E-state index contributed by atoms with van der Waals surface area (Å²) in [5, 5.41) is 8.14. The van der Waals surface area contributed by atoms with E-state index < -0.39 is 0 Å². The van der Waals surface area contributed by atoms with E-state index in [0.717, 1.165) is 23.1 Å². The number of ether oxygens (including phenoxy) is 1. The first kappa shape index (κ1) is 16.4. The van der Waals surface area contributed by atoms with E-state index in [4.69, 9.17) is 21.3 Å². The molecular formula is C19H19ClN6O. The molecule has 138 valence electrons. The zero-order valence-corrected chi connectivity index (χ0v) is 15.6. The number of aromatic amines is 1. The number of methoxy groups -OCH3 is 1. The van der Waals surface area contributed by atoms with Gasteiger partial charge in [-0.3, -0.25) is 9.67 Å². The van der Waals surface area contributed by atoms with Crippen LogP contribution in [-0.4, -0.2) is 39.2 Å². The van der Waals surface area contributed by atoms with Crippen LogP contribution in [0.4, 0.5) is 11.5 Å². The fourth-order valence-corrected chi connectivity index (χ4v) is 3.61. The van der Waals surface area contributed by atoms with Crippen LogP contribution in [0.25, 0.3) is 0 Å². The molecule has 0 radical (unpaired) electrons. The largest absolute Gasteiger partial charge is 0.495 e. The fraction of sp³-hybridized carbons (Fsp3) is 0.316. The molecule has 1 N–H and O–H groups in total. The van der Waals surface area contributed by atoms with Crippen LogP contribution in [-0.2, 0) is 6.54 Å². The Morgan fingerprint density at radius 1 is 1.26 bits per heavy atom. The van der Waals surface area contributed by atoms with Gasteiger partial charge in [-0.25, -0.2) is 9.98 Å². The predicted octanol–water partition coefficient (Wildman–Crippen LogP) is 3.74. The van der Waals surface area contributed by atoms with E-state index in [2.05, 4.69) is 20.1 Å². The van der Waals surface area contributed by atoms with Crippen molar-refractivity contribution in [1.29, 1.82) is 0 Å². The average molecular weight is 383 g/mol. The first-order valence-corrected chi connectivity index (χ1v) is 9.33. The maximum atomic E-state index is 6.23. The number of halogens is 1. The van der Waals surface area contributed by atoms with E-state index in [1.807, 2.05) is 35.0 Å². The summed E-state index contributed by atoms with van der Waals surface area (Å²) in [6.07, 6.45) is 6.19. The van der Waals surface area contributed by atoms with Crippen LogP contribution in [0.1, 0.15) is 30.3 Å². The standard InChI is InChI=1S/C19H19ClN6O/c1-27-16-5-4-13(20)8-15(16)25-10-18-21-6-7-26(18)19(11-25)22-17-9-14(23-24-17)12-2-3-12/h4-9,12H,2-3,10-11H2,1H3,(H,23,24). The monoisotopic (exact) mass is 382 g/mol. The van der Waals surface area contributed by atoms with Gasteiger partial charge in [-0.15, -0.1) is 0 Å². The summed E-state index contributed by atoms with van der Waals surface area (Å²) in [5.41, 5.74) is 2.09. The lowest BCUT2D eigenvalue weighted by atomic mass is 10.2. The highest BCUT2D eigenvalue weighted by Crippen LogP contribution is 2.40. The number of hydrogen-bond acceptors (Lipinski definition) is 5. The molecule has 1 aliphatic carbocycles. The van der Waals surface area contributed by atoms with Crippen LogP contribution in [0.3, 0.4) is 0 Å². The number of nitrogens with one attached hydrogen (secondary N) is 1. The number of rotatable bonds is 4. The van der Waals surface area contributed by atoms with Crippen molar-refractivity contribution in [3.8, 4) is 5.75 Å². The van der Waals surface area contributed by atoms with Crippen molar-refractivity contribution in [2.24, 2.45) is 4.99 Å². The summed E-state index contributed by atoms with van der Waals surface area (Å²) >= 11 is 6.23. The summed E-state index contributed by atoms with van der Waals surface area (Å²) in [7, 11) is 1.66. The van der Waals surface area contributed by atoms with Gasteiger partial charge in [0.25, 0.3) is 0 Å². The van der Waals surface area contributed by atoms with Gasteiger partial charge in [-0.05, 0) is 31.0 Å². The molecule has 0 amide bonds. The Hall–Kier alpha value is -2.80. The van der Waals surface area contributed by atoms with Gasteiger partial charge in [-0.1, -0.05) is 11.6 Å². The minimum atomic E-state index is 0.603. The first-order valence-electron chi connectivity index (χ1n) is 8.95. The van der Waals surface area contributed by atoms with Crippen LogP contribution in [0.15, 0.2) is 41.7 Å². The number of nitrogens with zero attached hydrogens (tertiary/aromatic N) is 5. The van der Waals surface area contributed by atoms with Gasteiger partial charge in [0.2, 0.25) is 0 Å². The molecular weight excluding hydrogens is 364 g/mol. The molecule has 2 aromatic heterocycles. The molecule has 0 spiro atoms. The minimum absolute atomic E-state index is 0.603. The Balaban J connectivity index is 1.52. The molecule has 3 heterocycles. The Morgan fingerprint density at radius 3 is 2.96 bits per heavy atom. The van der Waals surface area contributed by atoms with Crippen molar-refractivity contribution in [3.05, 3.63) is 53.2 Å². The van der Waals surface area contributed by atoms with Crippen molar-refractivity contribution < 1.29 is 4.74 Å². The molecule has 0 saturated heterocycles. The summed E-state index contributed by atoms with van der Waals surface area (Å²) < 4.78 is 7.56. The van der Waals surface area contributed by atoms with Crippen molar-refractivity contribution in [2.45, 2.75) is 25.3 Å². The summed E-state index contributed by atoms with van der Waals surface area (Å²) in [5.74, 6) is 3.87. The topological polar surface area (TPSA) is 71.3 Å². The smallest absolute Gasteiger partial charge is 0.175 e. The molecule has 7 nitrogen and oxygen atoms in total. The van der Waals surface area contributed by atoms with Crippen LogP contribution in [0.2, 0.25) is 5.02 Å². The minimum Gasteiger partial charge on any atom is -0.495 e. The van der Waals surface area contributed by atoms with E-state index in [-0.39, 0.29) is 0 Å². The number of aliphatic imine (C=N–C) groups is 1. The van der Waals surface area contributed by atoms with E-state index >= 15 is 0 Å². The molecule has 0 atom stereocenters. The van der Waals surface area contributed by atoms with E-state index in [0.29, 0.717) is 29.8 Å². The average Bonchev–Trinajstić information content (AvgIpc) is 3.23. The van der Waals surface area contributed by atoms with Crippen molar-refractivity contribution in [1.82, 2.24) is 19.7 Å². The number of anilines is 1. The maximum absolute atomic E-state index is 6.23. The molecule has 1 fully saturated rings. The molecule has 0 unspecified atom stereocenters. The van der Waals surface area contributed by atoms with Crippen molar-refractivity contribution in [2.75, 3.05) is 18.6 Å². The van der Waals surface area contributed by atoms with Crippen LogP contribution in [0, 0.1) is 0 Å². The highest BCUT2D eigenvalue weighted by atomic mass is 35.5. The zero-order valence-electron chi connectivity index (χ0n) is 14.9. The second kappa shape index (κ2) is 6.42. The molecule has 1 aromatic carbocycles. The van der Waals surface area contributed by atoms with Gasteiger partial charge in [0, 0.05) is 35.1 Å². The van der Waals surface area contributed by atoms with Crippen LogP contribution in [0.5, 0.6) is 5.75 Å². The molecule has 5 rings (SSSR count). The lowest BCUT2D eigenvalue weighted by Crippen LogP contribution is -2.39. The zero-order chi connectivity index (χ0) is 18.4. The molecule has 1 saturated carbocycles. The summed E-state index contributed by atoms with van der Waals surface area (Å²) in [6, 6.07) is 7.66. The van der Waals surface area contributed by atoms with Gasteiger partial charge in [0.05, 0.1) is 25.9 Å². The SMILES string of the molecule is COc1ccc(Cl)cc1N1CC(=Nc2cc(C3CC3)[nH]n2)n2ccnc2C1. The number of H-pyrrole nitrogens is 1. The van der Waals surface area contributed by atoms with E-state index in [9.17, 15) is 0 Å². The molecule has 8 heteroatoms. The second-order valence-corrected chi connectivity index (χ2v) is 7.31. The third kappa shape index (κ3) is 3.08. The molecule has 0 bridgehead atoms. The Labute approximate surface area is 161 Å². The number of aromatic nitrogens is 4. The van der Waals surface area contributed by atoms with Crippen molar-refractivity contribution >= 4 is 28.9 Å². The predicted molar refractivity (Wildman–Crippen MR) is 104 cm³/mol. The molecule has 27 heavy (non-hydrogen) atoms. The fourth-order valence-electron chi connectivity index (χ4n) is 3.45. The first-order chi connectivity index (χ1) is 13.2. The van der Waals surface area contributed by atoms with Gasteiger partial charge in [0.15, 0.2) is 5.82 Å². The Morgan fingerprint density at radius 2 is 2.15 bits per heavy atom. The third-order valence-electron chi connectivity index (χ3n) is 4.99. The Kier molecular flexibility index (Phi) is 3.89. The van der Waals surface area contributed by atoms with Crippen LogP contribution >= 0.6 is 11.6 Å². The quantitative estimate of drug-likeness (QED) is 0.746. The van der Waals surface area contributed by atoms with Gasteiger partial charge >= 0.3 is 0 Å². The second-order valence-electron chi connectivity index (χ2n) is 6.87. The Bertz CT molecular complexity index is 1020. The number of benzene rings is 1. The molecule has 2 aliphatic rings. The maximum Gasteiger partial charge on any atom is 0.175 e. The highest BCUT2D eigenvalue weighted by molar-refractivity contribution is 6.31. The van der Waals surface area contributed by atoms with Gasteiger partial charge in [-0.2, -0.15) is 5.10 Å². The molecule has 3 aromatic rings. The third-order valence-corrected chi connectivity index (χ3v) is 5.22. The molecule has 1 aliphatic heterocycles. The van der Waals surface area contributed by atoms with Crippen molar-refractivity contribution in [3.63, 3.8) is 0 Å². The lowest BCUT2D eigenvalue weighted by Gasteiger charge is -2.31. The van der Waals surface area contributed by atoms with Crippen LogP contribution < -0.4 is 9.64 Å². The van der Waals surface area contributed by atoms with Gasteiger partial charge in [0.1, 0.15) is 17.4 Å². The summed E-state index contributed by atoms with van der Waals surface area (Å²) in [4.78, 5) is 11.4. The highest BCUT2D eigenvalue weighted by Gasteiger charge is 2.27. The van der Waals surface area contributed by atoms with Gasteiger partial charge < -0.3 is 9.64 Å². The summed E-state index contributed by atoms with van der Waals surface area (Å²) in [6.45, 7) is 1.25. The van der Waals surface area contributed by atoms with E-state index in [1.165, 1.54) is 18.5 Å². The lowest BCUT2D eigenvalue weighted by molar-refractivity contribution is 0.414.